The lowest BCUT2D eigenvalue weighted by Gasteiger charge is -2.24. The quantitative estimate of drug-likeness (QED) is 0.741. The largest absolute Gasteiger partial charge is 0.476 e. The smallest absolute Gasteiger partial charge is 0.349 e. The van der Waals surface area contributed by atoms with Crippen molar-refractivity contribution in [3.05, 3.63) is 29.8 Å². The standard InChI is InChI=1S/C17H27NO3.ClH/c1-6-20-16(19)17(4,5)21-15-9-7-14(8-10-15)12-18-11-13(2)3;/h7-10,13,18H,6,11-12H2,1-5H3;1H. The Bertz CT molecular complexity index is 444. The molecule has 0 saturated carbocycles. The number of benzene rings is 1. The summed E-state index contributed by atoms with van der Waals surface area (Å²) >= 11 is 0. The van der Waals surface area contributed by atoms with Gasteiger partial charge in [0.25, 0.3) is 0 Å². The van der Waals surface area contributed by atoms with E-state index < -0.39 is 5.60 Å². The predicted molar refractivity (Wildman–Crippen MR) is 91.6 cm³/mol. The van der Waals surface area contributed by atoms with Crippen molar-refractivity contribution in [3.8, 4) is 5.75 Å². The summed E-state index contributed by atoms with van der Waals surface area (Å²) in [7, 11) is 0. The third-order valence-corrected chi connectivity index (χ3v) is 2.95. The molecular formula is C17H28ClNO3. The monoisotopic (exact) mass is 329 g/mol. The number of rotatable bonds is 8. The van der Waals surface area contributed by atoms with Gasteiger partial charge in [-0.05, 0) is 50.9 Å². The van der Waals surface area contributed by atoms with Crippen LogP contribution in [0.4, 0.5) is 0 Å². The van der Waals surface area contributed by atoms with Crippen LogP contribution >= 0.6 is 12.4 Å². The zero-order chi connectivity index (χ0) is 15.9. The molecule has 0 heterocycles. The fourth-order valence-electron chi connectivity index (χ4n) is 1.82. The van der Waals surface area contributed by atoms with Gasteiger partial charge in [-0.1, -0.05) is 26.0 Å². The number of hydrogen-bond donors (Lipinski definition) is 1. The lowest BCUT2D eigenvalue weighted by Crippen LogP contribution is -2.39. The highest BCUT2D eigenvalue weighted by Crippen LogP contribution is 2.20. The second-order valence-electron chi connectivity index (χ2n) is 6.00. The minimum Gasteiger partial charge on any atom is -0.476 e. The van der Waals surface area contributed by atoms with E-state index in [0.29, 0.717) is 18.3 Å². The summed E-state index contributed by atoms with van der Waals surface area (Å²) in [6.07, 6.45) is 0. The van der Waals surface area contributed by atoms with E-state index in [9.17, 15) is 4.79 Å². The number of esters is 1. The van der Waals surface area contributed by atoms with E-state index in [1.54, 1.807) is 20.8 Å². The van der Waals surface area contributed by atoms with E-state index in [1.807, 2.05) is 24.3 Å². The van der Waals surface area contributed by atoms with Crippen LogP contribution in [0, 0.1) is 5.92 Å². The van der Waals surface area contributed by atoms with E-state index in [2.05, 4.69) is 19.2 Å². The molecule has 4 nitrogen and oxygen atoms in total. The van der Waals surface area contributed by atoms with Gasteiger partial charge in [0.1, 0.15) is 5.75 Å². The van der Waals surface area contributed by atoms with Crippen molar-refractivity contribution >= 4 is 18.4 Å². The third-order valence-electron chi connectivity index (χ3n) is 2.95. The Morgan fingerprint density at radius 2 is 1.82 bits per heavy atom. The second kappa shape index (κ2) is 9.70. The van der Waals surface area contributed by atoms with Crippen LogP contribution in [0.3, 0.4) is 0 Å². The third kappa shape index (κ3) is 7.14. The van der Waals surface area contributed by atoms with Crippen molar-refractivity contribution in [3.63, 3.8) is 0 Å². The van der Waals surface area contributed by atoms with E-state index in [-0.39, 0.29) is 18.4 Å². The summed E-state index contributed by atoms with van der Waals surface area (Å²) < 4.78 is 10.7. The number of nitrogens with one attached hydrogen (secondary N) is 1. The van der Waals surface area contributed by atoms with E-state index in [0.717, 1.165) is 13.1 Å². The number of halogens is 1. The molecule has 0 amide bonds. The topological polar surface area (TPSA) is 47.6 Å². The van der Waals surface area contributed by atoms with Crippen LogP contribution in [0.15, 0.2) is 24.3 Å². The Morgan fingerprint density at radius 1 is 1.23 bits per heavy atom. The van der Waals surface area contributed by atoms with Gasteiger partial charge in [0, 0.05) is 6.54 Å². The van der Waals surface area contributed by atoms with E-state index >= 15 is 0 Å². The van der Waals surface area contributed by atoms with Gasteiger partial charge >= 0.3 is 5.97 Å². The van der Waals surface area contributed by atoms with E-state index in [1.165, 1.54) is 5.56 Å². The SMILES string of the molecule is CCOC(=O)C(C)(C)Oc1ccc(CNCC(C)C)cc1.Cl. The molecule has 0 bridgehead atoms. The molecule has 5 heteroatoms. The second-order valence-corrected chi connectivity index (χ2v) is 6.00. The molecule has 126 valence electrons. The van der Waals surface area contributed by atoms with Crippen LogP contribution in [0.5, 0.6) is 5.75 Å². The summed E-state index contributed by atoms with van der Waals surface area (Å²) in [5, 5.41) is 3.39. The van der Waals surface area contributed by atoms with E-state index in [4.69, 9.17) is 9.47 Å². The number of hydrogen-bond acceptors (Lipinski definition) is 4. The Balaban J connectivity index is 0.00000441. The molecule has 0 aliphatic carbocycles. The molecule has 0 fully saturated rings. The Morgan fingerprint density at radius 3 is 2.32 bits per heavy atom. The van der Waals surface area contributed by atoms with Gasteiger partial charge in [0.15, 0.2) is 5.60 Å². The molecule has 0 unspecified atom stereocenters. The summed E-state index contributed by atoms with van der Waals surface area (Å²) in [5.41, 5.74) is 0.213. The highest BCUT2D eigenvalue weighted by atomic mass is 35.5. The molecular weight excluding hydrogens is 302 g/mol. The van der Waals surface area contributed by atoms with Gasteiger partial charge in [0.2, 0.25) is 0 Å². The lowest BCUT2D eigenvalue weighted by atomic mass is 10.1. The molecule has 22 heavy (non-hydrogen) atoms. The first-order valence-corrected chi connectivity index (χ1v) is 7.51. The van der Waals surface area contributed by atoms with Crippen LogP contribution in [0.25, 0.3) is 0 Å². The molecule has 0 aromatic heterocycles. The minimum absolute atomic E-state index is 0. The van der Waals surface area contributed by atoms with Crippen molar-refractivity contribution in [2.24, 2.45) is 5.92 Å². The fourth-order valence-corrected chi connectivity index (χ4v) is 1.82. The van der Waals surface area contributed by atoms with Crippen molar-refractivity contribution < 1.29 is 14.3 Å². The summed E-state index contributed by atoms with van der Waals surface area (Å²) in [6.45, 7) is 11.8. The van der Waals surface area contributed by atoms with Gasteiger partial charge in [-0.25, -0.2) is 4.79 Å². The average molecular weight is 330 g/mol. The lowest BCUT2D eigenvalue weighted by molar-refractivity contribution is -0.158. The van der Waals surface area contributed by atoms with Crippen molar-refractivity contribution in [1.82, 2.24) is 5.32 Å². The van der Waals surface area contributed by atoms with Crippen LogP contribution in [-0.4, -0.2) is 24.7 Å². The van der Waals surface area contributed by atoms with Gasteiger partial charge in [0.05, 0.1) is 6.61 Å². The maximum atomic E-state index is 11.8. The van der Waals surface area contributed by atoms with Crippen molar-refractivity contribution in [1.29, 1.82) is 0 Å². The first-order chi connectivity index (χ1) is 9.85. The molecule has 1 aromatic rings. The van der Waals surface area contributed by atoms with Crippen LogP contribution in [0.1, 0.15) is 40.2 Å². The molecule has 0 aliphatic heterocycles. The van der Waals surface area contributed by atoms with Gasteiger partial charge in [-0.3, -0.25) is 0 Å². The Kier molecular flexibility index (Phi) is 9.14. The van der Waals surface area contributed by atoms with Crippen molar-refractivity contribution in [2.45, 2.75) is 46.8 Å². The molecule has 0 aliphatic rings. The maximum absolute atomic E-state index is 11.8. The number of carbonyl (C=O) groups excluding carboxylic acids is 1. The van der Waals surface area contributed by atoms with Gasteiger partial charge in [-0.2, -0.15) is 0 Å². The maximum Gasteiger partial charge on any atom is 0.349 e. The zero-order valence-corrected chi connectivity index (χ0v) is 15.0. The van der Waals surface area contributed by atoms with Crippen molar-refractivity contribution in [2.75, 3.05) is 13.2 Å². The molecule has 0 atom stereocenters. The zero-order valence-electron chi connectivity index (χ0n) is 14.1. The Hall–Kier alpha value is -1.26. The number of ether oxygens (including phenoxy) is 2. The molecule has 0 saturated heterocycles. The highest BCUT2D eigenvalue weighted by Gasteiger charge is 2.31. The van der Waals surface area contributed by atoms with Crippen LogP contribution in [-0.2, 0) is 16.1 Å². The minimum atomic E-state index is -0.979. The first-order valence-electron chi connectivity index (χ1n) is 7.51. The van der Waals surface area contributed by atoms with Gasteiger partial charge in [-0.15, -0.1) is 12.4 Å². The fraction of sp³-hybridized carbons (Fsp3) is 0.588. The Labute approximate surface area is 140 Å². The first kappa shape index (κ1) is 20.7. The normalized spacial score (nSPS) is 11.0. The predicted octanol–water partition coefficient (Wildman–Crippen LogP) is 3.57. The van der Waals surface area contributed by atoms with Crippen LogP contribution in [0.2, 0.25) is 0 Å². The summed E-state index contributed by atoms with van der Waals surface area (Å²) in [5.74, 6) is 0.950. The molecule has 0 spiro atoms. The molecule has 0 radical (unpaired) electrons. The number of carbonyl (C=O) groups is 1. The molecule has 1 rings (SSSR count). The molecule has 1 N–H and O–H groups in total. The highest BCUT2D eigenvalue weighted by molar-refractivity contribution is 5.85. The summed E-state index contributed by atoms with van der Waals surface area (Å²) in [4.78, 5) is 11.8. The van der Waals surface area contributed by atoms with Gasteiger partial charge < -0.3 is 14.8 Å². The molecule has 1 aromatic carbocycles. The van der Waals surface area contributed by atoms with Crippen LogP contribution < -0.4 is 10.1 Å². The average Bonchev–Trinajstić information content (AvgIpc) is 2.40. The summed E-state index contributed by atoms with van der Waals surface area (Å²) in [6, 6.07) is 7.77.